The fourth-order valence-corrected chi connectivity index (χ4v) is 1.84. The summed E-state index contributed by atoms with van der Waals surface area (Å²) in [4.78, 5) is 6.78. The maximum absolute atomic E-state index is 13.2. The minimum atomic E-state index is -4.70. The first-order valence-corrected chi connectivity index (χ1v) is 6.14. The summed E-state index contributed by atoms with van der Waals surface area (Å²) in [6, 6.07) is 4.12. The summed E-state index contributed by atoms with van der Waals surface area (Å²) in [5, 5.41) is 0. The number of nitrogens with zero attached hydrogens (tertiary/aromatic N) is 2. The summed E-state index contributed by atoms with van der Waals surface area (Å²) in [6.45, 7) is 0. The molecule has 21 heavy (non-hydrogen) atoms. The number of nitrogens with two attached hydrogens (primary N) is 1. The second kappa shape index (κ2) is 5.82. The Bertz CT molecular complexity index is 645. The Morgan fingerprint density at radius 3 is 2.43 bits per heavy atom. The lowest BCUT2D eigenvalue weighted by atomic mass is 10.3. The standard InChI is InChI=1S/C11H7BrF4N4O/c12-5-1-6(13)3-7(2-5)21-9-4-8(11(14,15)16)18-10(19-9)20-17/h1-4H,17H2,(H,18,19,20). The third-order valence-electron chi connectivity index (χ3n) is 2.18. The van der Waals surface area contributed by atoms with Crippen LogP contribution in [0.15, 0.2) is 28.7 Å². The molecule has 0 fully saturated rings. The molecular formula is C11H7BrF4N4O. The van der Waals surface area contributed by atoms with Crippen LogP contribution in [-0.2, 0) is 6.18 Å². The van der Waals surface area contributed by atoms with Gasteiger partial charge in [-0.2, -0.15) is 18.2 Å². The summed E-state index contributed by atoms with van der Waals surface area (Å²) in [5.41, 5.74) is 0.663. The zero-order valence-corrected chi connectivity index (χ0v) is 11.7. The number of nitrogen functional groups attached to an aromatic ring is 1. The van der Waals surface area contributed by atoms with Crippen LogP contribution in [-0.4, -0.2) is 9.97 Å². The zero-order valence-electron chi connectivity index (χ0n) is 10.1. The highest BCUT2D eigenvalue weighted by Crippen LogP contribution is 2.32. The minimum absolute atomic E-state index is 0.0309. The van der Waals surface area contributed by atoms with Crippen molar-refractivity contribution in [2.45, 2.75) is 6.18 Å². The van der Waals surface area contributed by atoms with Gasteiger partial charge in [-0.15, -0.1) is 0 Å². The van der Waals surface area contributed by atoms with E-state index in [0.717, 1.165) is 6.07 Å². The maximum Gasteiger partial charge on any atom is 0.433 e. The largest absolute Gasteiger partial charge is 0.439 e. The van der Waals surface area contributed by atoms with Crippen molar-refractivity contribution in [3.05, 3.63) is 40.2 Å². The van der Waals surface area contributed by atoms with Crippen LogP contribution < -0.4 is 16.0 Å². The van der Waals surface area contributed by atoms with Gasteiger partial charge in [0.2, 0.25) is 11.8 Å². The van der Waals surface area contributed by atoms with Crippen LogP contribution in [0.3, 0.4) is 0 Å². The molecule has 5 nitrogen and oxygen atoms in total. The Balaban J connectivity index is 2.39. The van der Waals surface area contributed by atoms with Gasteiger partial charge in [-0.25, -0.2) is 15.2 Å². The third-order valence-corrected chi connectivity index (χ3v) is 2.64. The summed E-state index contributed by atoms with van der Waals surface area (Å²) >= 11 is 3.04. The van der Waals surface area contributed by atoms with Gasteiger partial charge in [-0.3, -0.25) is 5.43 Å². The van der Waals surface area contributed by atoms with E-state index in [1.54, 1.807) is 0 Å². The Hall–Kier alpha value is -1.94. The molecule has 10 heteroatoms. The number of alkyl halides is 3. The van der Waals surface area contributed by atoms with Crippen LogP contribution >= 0.6 is 15.9 Å². The molecule has 0 unspecified atom stereocenters. The SMILES string of the molecule is NNc1nc(Oc2cc(F)cc(Br)c2)cc(C(F)(F)F)n1. The van der Waals surface area contributed by atoms with Crippen molar-refractivity contribution >= 4 is 21.9 Å². The van der Waals surface area contributed by atoms with Gasteiger partial charge in [0.05, 0.1) is 0 Å². The third kappa shape index (κ3) is 4.02. The lowest BCUT2D eigenvalue weighted by molar-refractivity contribution is -0.141. The second-order valence-corrected chi connectivity index (χ2v) is 4.68. The van der Waals surface area contributed by atoms with Crippen LogP contribution in [0.5, 0.6) is 11.6 Å². The van der Waals surface area contributed by atoms with Crippen molar-refractivity contribution in [3.8, 4) is 11.6 Å². The molecule has 3 N–H and O–H groups in total. The first kappa shape index (κ1) is 15.4. The number of aromatic nitrogens is 2. The van der Waals surface area contributed by atoms with E-state index in [1.165, 1.54) is 12.1 Å². The number of hydrogen-bond acceptors (Lipinski definition) is 5. The predicted octanol–water partition coefficient (Wildman–Crippen LogP) is 3.47. The number of anilines is 1. The minimum Gasteiger partial charge on any atom is -0.439 e. The fourth-order valence-electron chi connectivity index (χ4n) is 1.40. The van der Waals surface area contributed by atoms with E-state index >= 15 is 0 Å². The van der Waals surface area contributed by atoms with Gasteiger partial charge in [0.1, 0.15) is 11.6 Å². The Labute approximate surface area is 124 Å². The molecule has 112 valence electrons. The molecule has 0 aliphatic heterocycles. The summed E-state index contributed by atoms with van der Waals surface area (Å²) in [5.74, 6) is 3.45. The Morgan fingerprint density at radius 2 is 1.86 bits per heavy atom. The molecule has 0 spiro atoms. The molecule has 0 amide bonds. The molecular weight excluding hydrogens is 360 g/mol. The highest BCUT2D eigenvalue weighted by Gasteiger charge is 2.34. The summed E-state index contributed by atoms with van der Waals surface area (Å²) in [7, 11) is 0. The van der Waals surface area contributed by atoms with Crippen molar-refractivity contribution in [1.82, 2.24) is 9.97 Å². The van der Waals surface area contributed by atoms with Crippen LogP contribution in [0.4, 0.5) is 23.5 Å². The zero-order chi connectivity index (χ0) is 15.6. The molecule has 1 aromatic carbocycles. The monoisotopic (exact) mass is 366 g/mol. The molecule has 2 aromatic rings. The molecule has 2 rings (SSSR count). The highest BCUT2D eigenvalue weighted by atomic mass is 79.9. The lowest BCUT2D eigenvalue weighted by Crippen LogP contribution is -2.15. The molecule has 0 aliphatic carbocycles. The van der Waals surface area contributed by atoms with Gasteiger partial charge in [0.25, 0.3) is 0 Å². The van der Waals surface area contributed by atoms with Crippen molar-refractivity contribution < 1.29 is 22.3 Å². The van der Waals surface area contributed by atoms with Gasteiger partial charge in [-0.1, -0.05) is 15.9 Å². The fraction of sp³-hybridized carbons (Fsp3) is 0.0909. The van der Waals surface area contributed by atoms with Crippen molar-refractivity contribution in [3.63, 3.8) is 0 Å². The van der Waals surface area contributed by atoms with Gasteiger partial charge in [0.15, 0.2) is 5.69 Å². The van der Waals surface area contributed by atoms with Gasteiger partial charge >= 0.3 is 6.18 Å². The van der Waals surface area contributed by atoms with Gasteiger partial charge in [-0.05, 0) is 12.1 Å². The van der Waals surface area contributed by atoms with E-state index < -0.39 is 29.5 Å². The Morgan fingerprint density at radius 1 is 1.14 bits per heavy atom. The van der Waals surface area contributed by atoms with Crippen LogP contribution in [0.2, 0.25) is 0 Å². The quantitative estimate of drug-likeness (QED) is 0.494. The van der Waals surface area contributed by atoms with Crippen molar-refractivity contribution in [1.29, 1.82) is 0 Å². The number of halogens is 5. The molecule has 0 aliphatic rings. The van der Waals surface area contributed by atoms with Gasteiger partial charge in [0, 0.05) is 16.6 Å². The molecule has 0 saturated carbocycles. The van der Waals surface area contributed by atoms with E-state index in [-0.39, 0.29) is 5.75 Å². The van der Waals surface area contributed by atoms with Crippen molar-refractivity contribution in [2.24, 2.45) is 5.84 Å². The molecule has 1 heterocycles. The molecule has 0 bridgehead atoms. The normalized spacial score (nSPS) is 11.3. The molecule has 1 aromatic heterocycles. The van der Waals surface area contributed by atoms with Crippen LogP contribution in [0, 0.1) is 5.82 Å². The predicted molar refractivity (Wildman–Crippen MR) is 69.0 cm³/mol. The van der Waals surface area contributed by atoms with E-state index in [9.17, 15) is 17.6 Å². The molecule has 0 saturated heterocycles. The van der Waals surface area contributed by atoms with E-state index in [1.807, 2.05) is 5.43 Å². The summed E-state index contributed by atoms with van der Waals surface area (Å²) in [6.07, 6.45) is -4.70. The second-order valence-electron chi connectivity index (χ2n) is 3.76. The van der Waals surface area contributed by atoms with Gasteiger partial charge < -0.3 is 4.74 Å². The average molecular weight is 367 g/mol. The lowest BCUT2D eigenvalue weighted by Gasteiger charge is -2.11. The molecule has 0 atom stereocenters. The van der Waals surface area contributed by atoms with E-state index in [2.05, 4.69) is 25.9 Å². The van der Waals surface area contributed by atoms with Crippen LogP contribution in [0.25, 0.3) is 0 Å². The summed E-state index contributed by atoms with van der Waals surface area (Å²) < 4.78 is 56.7. The number of hydrazine groups is 1. The highest BCUT2D eigenvalue weighted by molar-refractivity contribution is 9.10. The smallest absolute Gasteiger partial charge is 0.433 e. The number of rotatable bonds is 3. The van der Waals surface area contributed by atoms with E-state index in [4.69, 9.17) is 10.6 Å². The number of benzene rings is 1. The van der Waals surface area contributed by atoms with Crippen LogP contribution in [0.1, 0.15) is 5.69 Å². The number of hydrogen-bond donors (Lipinski definition) is 2. The Kier molecular flexibility index (Phi) is 4.28. The first-order valence-electron chi connectivity index (χ1n) is 5.35. The topological polar surface area (TPSA) is 73.1 Å². The van der Waals surface area contributed by atoms with Crippen molar-refractivity contribution in [2.75, 3.05) is 5.43 Å². The molecule has 0 radical (unpaired) electrons. The average Bonchev–Trinajstić information content (AvgIpc) is 2.36. The maximum atomic E-state index is 13.2. The van der Waals surface area contributed by atoms with E-state index in [0.29, 0.717) is 10.5 Å². The number of ether oxygens (including phenoxy) is 1. The number of nitrogens with one attached hydrogen (secondary N) is 1. The first-order chi connectivity index (χ1) is 9.77.